The fraction of sp³-hybridized carbons (Fsp3) is 0.846. The van der Waals surface area contributed by atoms with Gasteiger partial charge in [-0.1, -0.05) is 19.0 Å². The van der Waals surface area contributed by atoms with E-state index in [1.807, 2.05) is 0 Å². The average molecular weight is 250 g/mol. The minimum Gasteiger partial charge on any atom is -0.339 e. The molecule has 2 unspecified atom stereocenters. The molecule has 2 bridgehead atoms. The van der Waals surface area contributed by atoms with Crippen LogP contribution >= 0.6 is 0 Å². The molecule has 2 saturated heterocycles. The molecule has 5 heteroatoms. The van der Waals surface area contributed by atoms with Crippen LogP contribution in [0.1, 0.15) is 57.2 Å². The minimum atomic E-state index is 0.303. The predicted octanol–water partition coefficient (Wildman–Crippen LogP) is 1.65. The molecule has 0 saturated carbocycles. The summed E-state index contributed by atoms with van der Waals surface area (Å²) in [6.07, 6.45) is 4.78. The van der Waals surface area contributed by atoms with E-state index in [1.54, 1.807) is 0 Å². The molecular weight excluding hydrogens is 228 g/mol. The van der Waals surface area contributed by atoms with Gasteiger partial charge in [-0.25, -0.2) is 0 Å². The molecule has 3 heterocycles. The monoisotopic (exact) mass is 250 g/mol. The van der Waals surface area contributed by atoms with Crippen molar-refractivity contribution in [3.63, 3.8) is 0 Å². The van der Waals surface area contributed by atoms with Crippen LogP contribution in [0.2, 0.25) is 0 Å². The maximum Gasteiger partial charge on any atom is 0.229 e. The number of hydrogen-bond acceptors (Lipinski definition) is 5. The number of rotatable bonds is 3. The van der Waals surface area contributed by atoms with Crippen LogP contribution in [-0.4, -0.2) is 33.2 Å². The van der Waals surface area contributed by atoms with E-state index in [-0.39, 0.29) is 0 Å². The van der Waals surface area contributed by atoms with Crippen LogP contribution in [0.15, 0.2) is 4.52 Å². The third-order valence-corrected chi connectivity index (χ3v) is 4.22. The van der Waals surface area contributed by atoms with Crippen molar-refractivity contribution >= 4 is 0 Å². The van der Waals surface area contributed by atoms with Gasteiger partial charge in [-0.15, -0.1) is 0 Å². The highest BCUT2D eigenvalue weighted by atomic mass is 16.5. The van der Waals surface area contributed by atoms with E-state index in [2.05, 4.69) is 28.9 Å². The molecule has 0 radical (unpaired) electrons. The first-order valence-electron chi connectivity index (χ1n) is 6.97. The van der Waals surface area contributed by atoms with Crippen LogP contribution < -0.4 is 5.73 Å². The molecule has 100 valence electrons. The van der Waals surface area contributed by atoms with Crippen molar-refractivity contribution in [3.8, 4) is 0 Å². The zero-order chi connectivity index (χ0) is 12.7. The lowest BCUT2D eigenvalue weighted by Crippen LogP contribution is -2.46. The Morgan fingerprint density at radius 1 is 1.33 bits per heavy atom. The van der Waals surface area contributed by atoms with Gasteiger partial charge in [-0.3, -0.25) is 4.90 Å². The van der Waals surface area contributed by atoms with Crippen molar-refractivity contribution in [2.24, 2.45) is 5.73 Å². The summed E-state index contributed by atoms with van der Waals surface area (Å²) in [5.74, 6) is 1.87. The Morgan fingerprint density at radius 3 is 2.56 bits per heavy atom. The largest absolute Gasteiger partial charge is 0.339 e. The molecule has 3 rings (SSSR count). The van der Waals surface area contributed by atoms with E-state index in [4.69, 9.17) is 10.3 Å². The number of nitrogens with zero attached hydrogens (tertiary/aromatic N) is 3. The van der Waals surface area contributed by atoms with Crippen molar-refractivity contribution in [2.75, 3.05) is 0 Å². The molecule has 2 aliphatic rings. The van der Waals surface area contributed by atoms with Crippen LogP contribution in [-0.2, 0) is 6.54 Å². The molecule has 5 nitrogen and oxygen atoms in total. The predicted molar refractivity (Wildman–Crippen MR) is 67.9 cm³/mol. The number of piperidine rings is 1. The molecule has 2 aliphatic heterocycles. The van der Waals surface area contributed by atoms with Gasteiger partial charge in [-0.2, -0.15) is 4.98 Å². The summed E-state index contributed by atoms with van der Waals surface area (Å²) < 4.78 is 5.27. The highest BCUT2D eigenvalue weighted by Gasteiger charge is 2.39. The molecule has 0 aromatic carbocycles. The highest BCUT2D eigenvalue weighted by Crippen LogP contribution is 2.35. The average Bonchev–Trinajstić information content (AvgIpc) is 2.85. The molecular formula is C13H22N4O. The lowest BCUT2D eigenvalue weighted by molar-refractivity contribution is 0.115. The Morgan fingerprint density at radius 2 is 2.00 bits per heavy atom. The number of fused-ring (bicyclic) bond motifs is 2. The van der Waals surface area contributed by atoms with E-state index in [0.29, 0.717) is 24.0 Å². The lowest BCUT2D eigenvalue weighted by atomic mass is 9.98. The number of nitrogens with two attached hydrogens (primary N) is 1. The second-order valence-corrected chi connectivity index (χ2v) is 5.99. The summed E-state index contributed by atoms with van der Waals surface area (Å²) in [4.78, 5) is 6.99. The van der Waals surface area contributed by atoms with Crippen molar-refractivity contribution in [1.29, 1.82) is 0 Å². The molecule has 2 atom stereocenters. The van der Waals surface area contributed by atoms with E-state index in [0.717, 1.165) is 31.1 Å². The van der Waals surface area contributed by atoms with Gasteiger partial charge < -0.3 is 10.3 Å². The Balaban J connectivity index is 1.69. The second kappa shape index (κ2) is 4.63. The van der Waals surface area contributed by atoms with Crippen LogP contribution in [0, 0.1) is 0 Å². The van der Waals surface area contributed by atoms with Crippen LogP contribution in [0.25, 0.3) is 0 Å². The minimum absolute atomic E-state index is 0.303. The number of hydrogen-bond donors (Lipinski definition) is 1. The zero-order valence-corrected chi connectivity index (χ0v) is 11.2. The fourth-order valence-electron chi connectivity index (χ4n) is 3.30. The Kier molecular flexibility index (Phi) is 3.11. The molecule has 0 spiro atoms. The Labute approximate surface area is 108 Å². The smallest absolute Gasteiger partial charge is 0.229 e. The molecule has 1 aromatic heterocycles. The summed E-state index contributed by atoms with van der Waals surface area (Å²) in [5.41, 5.74) is 6.08. The third-order valence-electron chi connectivity index (χ3n) is 4.22. The summed E-state index contributed by atoms with van der Waals surface area (Å²) in [6, 6.07) is 1.63. The highest BCUT2D eigenvalue weighted by molar-refractivity contribution is 4.99. The van der Waals surface area contributed by atoms with Gasteiger partial charge >= 0.3 is 0 Å². The normalized spacial score (nSPS) is 32.3. The topological polar surface area (TPSA) is 68.2 Å². The van der Waals surface area contributed by atoms with Crippen molar-refractivity contribution in [1.82, 2.24) is 15.0 Å². The quantitative estimate of drug-likeness (QED) is 0.883. The van der Waals surface area contributed by atoms with Gasteiger partial charge in [0.15, 0.2) is 5.82 Å². The van der Waals surface area contributed by atoms with E-state index >= 15 is 0 Å². The number of aromatic nitrogens is 2. The first-order chi connectivity index (χ1) is 8.63. The molecule has 2 fully saturated rings. The van der Waals surface area contributed by atoms with E-state index in [9.17, 15) is 0 Å². The van der Waals surface area contributed by atoms with E-state index < -0.39 is 0 Å². The van der Waals surface area contributed by atoms with Crippen molar-refractivity contribution in [3.05, 3.63) is 11.7 Å². The third kappa shape index (κ3) is 2.17. The summed E-state index contributed by atoms with van der Waals surface area (Å²) in [6.45, 7) is 4.96. The van der Waals surface area contributed by atoms with Crippen molar-refractivity contribution in [2.45, 2.75) is 70.1 Å². The lowest BCUT2D eigenvalue weighted by Gasteiger charge is -2.36. The first-order valence-corrected chi connectivity index (χ1v) is 6.97. The fourth-order valence-corrected chi connectivity index (χ4v) is 3.30. The Bertz CT molecular complexity index is 403. The van der Waals surface area contributed by atoms with Crippen LogP contribution in [0.5, 0.6) is 0 Å². The summed E-state index contributed by atoms with van der Waals surface area (Å²) >= 11 is 0. The van der Waals surface area contributed by atoms with Gasteiger partial charge in [-0.05, 0) is 25.7 Å². The summed E-state index contributed by atoms with van der Waals surface area (Å²) in [5, 5.41) is 4.09. The van der Waals surface area contributed by atoms with Gasteiger partial charge in [0.1, 0.15) is 0 Å². The van der Waals surface area contributed by atoms with Crippen molar-refractivity contribution < 1.29 is 4.52 Å². The first kappa shape index (κ1) is 12.1. The van der Waals surface area contributed by atoms with Gasteiger partial charge in [0.25, 0.3) is 0 Å². The molecule has 0 aliphatic carbocycles. The van der Waals surface area contributed by atoms with Crippen LogP contribution in [0.4, 0.5) is 0 Å². The SMILES string of the molecule is CC(C)c1nc(CN2C3CCC2CC(N)C3)no1. The summed E-state index contributed by atoms with van der Waals surface area (Å²) in [7, 11) is 0. The van der Waals surface area contributed by atoms with Gasteiger partial charge in [0.2, 0.25) is 5.89 Å². The second-order valence-electron chi connectivity index (χ2n) is 5.99. The standard InChI is InChI=1S/C13H22N4O/c1-8(2)13-15-12(16-18-13)7-17-10-3-4-11(17)6-9(14)5-10/h8-11H,3-7,14H2,1-2H3. The van der Waals surface area contributed by atoms with Gasteiger partial charge in [0.05, 0.1) is 6.54 Å². The zero-order valence-electron chi connectivity index (χ0n) is 11.2. The molecule has 18 heavy (non-hydrogen) atoms. The van der Waals surface area contributed by atoms with Crippen LogP contribution in [0.3, 0.4) is 0 Å². The maximum atomic E-state index is 6.08. The Hall–Kier alpha value is -0.940. The molecule has 0 amide bonds. The van der Waals surface area contributed by atoms with E-state index in [1.165, 1.54) is 12.8 Å². The molecule has 2 N–H and O–H groups in total. The van der Waals surface area contributed by atoms with Gasteiger partial charge in [0, 0.05) is 24.0 Å². The molecule has 1 aromatic rings. The maximum absolute atomic E-state index is 6.08.